The molecule has 0 spiro atoms. The lowest BCUT2D eigenvalue weighted by atomic mass is 9.85. The maximum atomic E-state index is 6.33. The fraction of sp³-hybridized carbons (Fsp3) is 0. The summed E-state index contributed by atoms with van der Waals surface area (Å²) in [6.45, 7) is 0. The van der Waals surface area contributed by atoms with E-state index in [-0.39, 0.29) is 0 Å². The summed E-state index contributed by atoms with van der Waals surface area (Å²) in [4.78, 5) is 1.32. The van der Waals surface area contributed by atoms with Crippen LogP contribution in [0.1, 0.15) is 0 Å². The summed E-state index contributed by atoms with van der Waals surface area (Å²) in [6, 6.07) is 62.4. The summed E-state index contributed by atoms with van der Waals surface area (Å²) in [7, 11) is 0. The molecule has 0 radical (unpaired) electrons. The number of benzene rings is 9. The third-order valence-electron chi connectivity index (χ3n) is 11.0. The average Bonchev–Trinajstić information content (AvgIpc) is 3.90. The summed E-state index contributed by atoms with van der Waals surface area (Å²) >= 11 is 3.82. The van der Waals surface area contributed by atoms with E-state index < -0.39 is 0 Å². The number of hydrogen-bond acceptors (Lipinski definition) is 3. The standard InChI is InChI=1S/C50H28OS2/c1-2-12-29(13-3-1)46-49-44(25-24-43-48(49)38-19-9-11-21-42(38)52-43)53-50(46)47-36-17-6-4-15-34(36)45(35-16-5-7-18-37(35)47)31-23-22-30-27-39-33-14-8-10-20-40(33)51-41(39)28-32(30)26-31/h1-28H. The van der Waals surface area contributed by atoms with E-state index >= 15 is 0 Å². The Morgan fingerprint density at radius 1 is 0.321 bits per heavy atom. The van der Waals surface area contributed by atoms with E-state index in [1.54, 1.807) is 0 Å². The number of rotatable bonds is 3. The molecule has 0 fully saturated rings. The van der Waals surface area contributed by atoms with Crippen molar-refractivity contribution in [1.29, 1.82) is 0 Å². The normalized spacial score (nSPS) is 12.2. The Hall–Kier alpha value is -6.26. The van der Waals surface area contributed by atoms with Gasteiger partial charge in [-0.05, 0) is 91.5 Å². The van der Waals surface area contributed by atoms with Crippen molar-refractivity contribution in [3.05, 3.63) is 170 Å². The number of thiophene rings is 2. The van der Waals surface area contributed by atoms with E-state index in [2.05, 4.69) is 164 Å². The van der Waals surface area contributed by atoms with Gasteiger partial charge in [-0.25, -0.2) is 0 Å². The van der Waals surface area contributed by atoms with Crippen LogP contribution in [0.15, 0.2) is 174 Å². The van der Waals surface area contributed by atoms with Gasteiger partial charge in [0.25, 0.3) is 0 Å². The molecule has 0 aliphatic heterocycles. The number of para-hydroxylation sites is 1. The number of furan rings is 1. The minimum Gasteiger partial charge on any atom is -0.456 e. The molecule has 12 aromatic rings. The first-order valence-electron chi connectivity index (χ1n) is 18.0. The Kier molecular flexibility index (Phi) is 6.15. The van der Waals surface area contributed by atoms with Crippen molar-refractivity contribution in [2.75, 3.05) is 0 Å². The molecule has 246 valence electrons. The van der Waals surface area contributed by atoms with Gasteiger partial charge in [0.1, 0.15) is 11.2 Å². The Bertz CT molecular complexity index is 3390. The van der Waals surface area contributed by atoms with Crippen LogP contribution in [0.2, 0.25) is 0 Å². The van der Waals surface area contributed by atoms with Gasteiger partial charge < -0.3 is 4.42 Å². The quantitative estimate of drug-likeness (QED) is 0.167. The van der Waals surface area contributed by atoms with Gasteiger partial charge in [0.2, 0.25) is 0 Å². The molecule has 3 aromatic heterocycles. The third kappa shape index (κ3) is 4.24. The molecule has 0 unspecified atom stereocenters. The molecule has 1 nitrogen and oxygen atoms in total. The highest BCUT2D eigenvalue weighted by Crippen LogP contribution is 2.54. The molecule has 3 heteroatoms. The zero-order valence-electron chi connectivity index (χ0n) is 28.4. The second kappa shape index (κ2) is 11.1. The van der Waals surface area contributed by atoms with Crippen LogP contribution in [0.3, 0.4) is 0 Å². The minimum atomic E-state index is 0.923. The number of fused-ring (bicyclic) bond motifs is 11. The first kappa shape index (κ1) is 29.3. The first-order chi connectivity index (χ1) is 26.3. The van der Waals surface area contributed by atoms with Crippen LogP contribution in [-0.4, -0.2) is 0 Å². The van der Waals surface area contributed by atoms with Crippen molar-refractivity contribution >= 4 is 107 Å². The Balaban J connectivity index is 1.18. The summed E-state index contributed by atoms with van der Waals surface area (Å²) in [6.07, 6.45) is 0. The van der Waals surface area contributed by atoms with Crippen LogP contribution in [0.25, 0.3) is 117 Å². The van der Waals surface area contributed by atoms with E-state index in [1.807, 2.05) is 28.7 Å². The van der Waals surface area contributed by atoms with Crippen molar-refractivity contribution in [3.8, 4) is 32.7 Å². The highest BCUT2D eigenvalue weighted by molar-refractivity contribution is 7.27. The van der Waals surface area contributed by atoms with Gasteiger partial charge in [-0.15, -0.1) is 22.7 Å². The molecule has 0 bridgehead atoms. The van der Waals surface area contributed by atoms with Crippen LogP contribution in [0, 0.1) is 0 Å². The van der Waals surface area contributed by atoms with Crippen LogP contribution in [-0.2, 0) is 0 Å². The topological polar surface area (TPSA) is 13.1 Å². The molecule has 12 rings (SSSR count). The summed E-state index contributed by atoms with van der Waals surface area (Å²) in [5, 5.41) is 13.8. The molecule has 0 amide bonds. The number of hydrogen-bond donors (Lipinski definition) is 0. The van der Waals surface area contributed by atoms with E-state index in [1.165, 1.54) is 95.3 Å². The maximum Gasteiger partial charge on any atom is 0.136 e. The van der Waals surface area contributed by atoms with Crippen LogP contribution < -0.4 is 0 Å². The monoisotopic (exact) mass is 708 g/mol. The molecule has 53 heavy (non-hydrogen) atoms. The Morgan fingerprint density at radius 2 is 0.943 bits per heavy atom. The van der Waals surface area contributed by atoms with Gasteiger partial charge >= 0.3 is 0 Å². The molecular weight excluding hydrogens is 681 g/mol. The zero-order valence-corrected chi connectivity index (χ0v) is 30.0. The van der Waals surface area contributed by atoms with Gasteiger partial charge in [0.15, 0.2) is 0 Å². The highest BCUT2D eigenvalue weighted by atomic mass is 32.1. The van der Waals surface area contributed by atoms with E-state index in [9.17, 15) is 0 Å². The van der Waals surface area contributed by atoms with Gasteiger partial charge in [0, 0.05) is 57.0 Å². The SMILES string of the molecule is c1ccc(-c2c(-c3c4ccccc4c(-c4ccc5cc6c(cc5c4)oc4ccccc46)c4ccccc34)sc3ccc4sc5ccccc5c4c23)cc1. The highest BCUT2D eigenvalue weighted by Gasteiger charge is 2.24. The molecule has 0 N–H and O–H groups in total. The fourth-order valence-electron chi connectivity index (χ4n) is 8.77. The van der Waals surface area contributed by atoms with Crippen molar-refractivity contribution in [1.82, 2.24) is 0 Å². The van der Waals surface area contributed by atoms with Crippen molar-refractivity contribution in [2.45, 2.75) is 0 Å². The van der Waals surface area contributed by atoms with Crippen molar-refractivity contribution < 1.29 is 4.42 Å². The first-order valence-corrected chi connectivity index (χ1v) is 19.6. The maximum absolute atomic E-state index is 6.33. The largest absolute Gasteiger partial charge is 0.456 e. The van der Waals surface area contributed by atoms with Gasteiger partial charge in [0.05, 0.1) is 0 Å². The van der Waals surface area contributed by atoms with Gasteiger partial charge in [-0.1, -0.05) is 127 Å². The zero-order chi connectivity index (χ0) is 34.6. The van der Waals surface area contributed by atoms with Crippen LogP contribution >= 0.6 is 22.7 Å². The van der Waals surface area contributed by atoms with Crippen molar-refractivity contribution in [3.63, 3.8) is 0 Å². The lowest BCUT2D eigenvalue weighted by Crippen LogP contribution is -1.91. The Labute approximate surface area is 312 Å². The molecule has 0 atom stereocenters. The van der Waals surface area contributed by atoms with E-state index in [0.717, 1.165) is 21.9 Å². The smallest absolute Gasteiger partial charge is 0.136 e. The predicted octanol–water partition coefficient (Wildman–Crippen LogP) is 15.6. The van der Waals surface area contributed by atoms with E-state index in [0.29, 0.717) is 0 Å². The van der Waals surface area contributed by atoms with Crippen LogP contribution in [0.4, 0.5) is 0 Å². The molecule has 0 saturated heterocycles. The second-order valence-corrected chi connectivity index (χ2v) is 16.1. The minimum absolute atomic E-state index is 0.923. The summed E-state index contributed by atoms with van der Waals surface area (Å²) < 4.78 is 10.3. The lowest BCUT2D eigenvalue weighted by molar-refractivity contribution is 0.669. The fourth-order valence-corrected chi connectivity index (χ4v) is 11.2. The predicted molar refractivity (Wildman–Crippen MR) is 231 cm³/mol. The summed E-state index contributed by atoms with van der Waals surface area (Å²) in [5.74, 6) is 0. The molecule has 9 aromatic carbocycles. The third-order valence-corrected chi connectivity index (χ3v) is 13.3. The summed E-state index contributed by atoms with van der Waals surface area (Å²) in [5.41, 5.74) is 8.19. The van der Waals surface area contributed by atoms with Gasteiger partial charge in [-0.3, -0.25) is 0 Å². The average molecular weight is 709 g/mol. The van der Waals surface area contributed by atoms with Crippen molar-refractivity contribution in [2.24, 2.45) is 0 Å². The molecule has 0 aliphatic rings. The van der Waals surface area contributed by atoms with Crippen LogP contribution in [0.5, 0.6) is 0 Å². The molecule has 0 saturated carbocycles. The van der Waals surface area contributed by atoms with Gasteiger partial charge in [-0.2, -0.15) is 0 Å². The Morgan fingerprint density at radius 3 is 1.70 bits per heavy atom. The molecule has 0 aliphatic carbocycles. The molecule has 3 heterocycles. The van der Waals surface area contributed by atoms with E-state index in [4.69, 9.17) is 4.42 Å². The molecular formula is C50H28OS2. The second-order valence-electron chi connectivity index (χ2n) is 13.9. The lowest BCUT2D eigenvalue weighted by Gasteiger charge is -2.18.